The fraction of sp³-hybridized carbons (Fsp3) is 0.556. The predicted octanol–water partition coefficient (Wildman–Crippen LogP) is 2.36. The van der Waals surface area contributed by atoms with Gasteiger partial charge in [-0.15, -0.1) is 0 Å². The van der Waals surface area contributed by atoms with Gasteiger partial charge in [-0.25, -0.2) is 4.79 Å². The molecule has 2 aliphatic rings. The first-order chi connectivity index (χ1) is 11.0. The van der Waals surface area contributed by atoms with Crippen molar-refractivity contribution in [1.29, 1.82) is 0 Å². The quantitative estimate of drug-likeness (QED) is 0.841. The van der Waals surface area contributed by atoms with Crippen LogP contribution in [0.1, 0.15) is 25.8 Å². The average Bonchev–Trinajstić information content (AvgIpc) is 3.10. The van der Waals surface area contributed by atoms with Crippen molar-refractivity contribution < 1.29 is 9.59 Å². The molecule has 2 atom stereocenters. The lowest BCUT2D eigenvalue weighted by atomic mass is 10.1. The maximum absolute atomic E-state index is 12.9. The number of rotatable bonds is 2. The smallest absolute Gasteiger partial charge is 0.324 e. The molecule has 0 aliphatic carbocycles. The van der Waals surface area contributed by atoms with Crippen LogP contribution in [0.5, 0.6) is 0 Å². The fourth-order valence-electron chi connectivity index (χ4n) is 3.77. The molecule has 0 spiro atoms. The van der Waals surface area contributed by atoms with Gasteiger partial charge in [-0.2, -0.15) is 0 Å². The summed E-state index contributed by atoms with van der Waals surface area (Å²) in [6, 6.07) is 8.39. The highest BCUT2D eigenvalue weighted by Gasteiger charge is 2.34. The van der Waals surface area contributed by atoms with Crippen LogP contribution in [0.25, 0.3) is 0 Å². The lowest BCUT2D eigenvalue weighted by Gasteiger charge is -2.30. The Morgan fingerprint density at radius 1 is 1.30 bits per heavy atom. The van der Waals surface area contributed by atoms with Crippen molar-refractivity contribution >= 4 is 17.6 Å². The van der Waals surface area contributed by atoms with Gasteiger partial charge in [0.25, 0.3) is 0 Å². The summed E-state index contributed by atoms with van der Waals surface area (Å²) in [5, 5.41) is 0. The van der Waals surface area contributed by atoms with E-state index in [1.54, 1.807) is 6.92 Å². The SMILES string of the molecule is CC(=O)N1CC[C@@H](CN(C)C(=O)N2c3ccccc3C[C@@H]2C)C1. The number of carbonyl (C=O) groups is 2. The van der Waals surface area contributed by atoms with E-state index in [2.05, 4.69) is 13.0 Å². The van der Waals surface area contributed by atoms with Crippen LogP contribution in [-0.2, 0) is 11.2 Å². The number of fused-ring (bicyclic) bond motifs is 1. The van der Waals surface area contributed by atoms with Gasteiger partial charge < -0.3 is 9.80 Å². The van der Waals surface area contributed by atoms with Crippen molar-refractivity contribution in [2.75, 3.05) is 31.6 Å². The normalized spacial score (nSPS) is 23.1. The second-order valence-corrected chi connectivity index (χ2v) is 6.83. The standard InChI is InChI=1S/C18H25N3O2/c1-13-10-16-6-4-5-7-17(16)21(13)18(23)19(3)11-15-8-9-20(12-15)14(2)22/h4-7,13,15H,8-12H2,1-3H3/t13-,15-/m0/s1. The molecule has 0 aromatic heterocycles. The van der Waals surface area contributed by atoms with E-state index >= 15 is 0 Å². The van der Waals surface area contributed by atoms with Gasteiger partial charge in [-0.05, 0) is 37.3 Å². The van der Waals surface area contributed by atoms with E-state index in [0.29, 0.717) is 12.5 Å². The second-order valence-electron chi connectivity index (χ2n) is 6.83. The molecule has 1 aromatic carbocycles. The molecule has 1 aromatic rings. The molecule has 2 aliphatic heterocycles. The molecular weight excluding hydrogens is 290 g/mol. The van der Waals surface area contributed by atoms with Crippen LogP contribution in [-0.4, -0.2) is 54.5 Å². The molecule has 124 valence electrons. The van der Waals surface area contributed by atoms with E-state index in [0.717, 1.165) is 31.6 Å². The zero-order valence-electron chi connectivity index (χ0n) is 14.2. The summed E-state index contributed by atoms with van der Waals surface area (Å²) in [5.41, 5.74) is 2.28. The monoisotopic (exact) mass is 315 g/mol. The fourth-order valence-corrected chi connectivity index (χ4v) is 3.77. The molecule has 3 rings (SSSR count). The first-order valence-corrected chi connectivity index (χ1v) is 8.35. The number of nitrogens with zero attached hydrogens (tertiary/aromatic N) is 3. The van der Waals surface area contributed by atoms with Crippen LogP contribution in [0.3, 0.4) is 0 Å². The number of hydrogen-bond acceptors (Lipinski definition) is 2. The number of anilines is 1. The Hall–Kier alpha value is -2.04. The third-order valence-electron chi connectivity index (χ3n) is 5.00. The highest BCUT2D eigenvalue weighted by Crippen LogP contribution is 2.32. The van der Waals surface area contributed by atoms with Crippen molar-refractivity contribution in [3.05, 3.63) is 29.8 Å². The minimum Gasteiger partial charge on any atom is -0.343 e. The number of likely N-dealkylation sites (tertiary alicyclic amines) is 1. The summed E-state index contributed by atoms with van der Waals surface area (Å²) < 4.78 is 0. The number of urea groups is 1. The van der Waals surface area contributed by atoms with Gasteiger partial charge in [0.2, 0.25) is 5.91 Å². The summed E-state index contributed by atoms with van der Waals surface area (Å²) in [6.07, 6.45) is 1.89. The van der Waals surface area contributed by atoms with Gasteiger partial charge in [-0.3, -0.25) is 9.69 Å². The van der Waals surface area contributed by atoms with Gasteiger partial charge in [0.05, 0.1) is 0 Å². The Labute approximate surface area is 137 Å². The zero-order valence-corrected chi connectivity index (χ0v) is 14.2. The number of carbonyl (C=O) groups excluding carboxylic acids is 2. The highest BCUT2D eigenvalue weighted by molar-refractivity contribution is 5.94. The molecule has 0 radical (unpaired) electrons. The molecule has 1 fully saturated rings. The van der Waals surface area contributed by atoms with Crippen molar-refractivity contribution in [3.8, 4) is 0 Å². The molecule has 2 heterocycles. The number of benzene rings is 1. The van der Waals surface area contributed by atoms with E-state index in [-0.39, 0.29) is 18.0 Å². The summed E-state index contributed by atoms with van der Waals surface area (Å²) in [6.45, 7) is 5.98. The second kappa shape index (κ2) is 6.22. The molecule has 23 heavy (non-hydrogen) atoms. The van der Waals surface area contributed by atoms with Crippen molar-refractivity contribution in [2.24, 2.45) is 5.92 Å². The topological polar surface area (TPSA) is 43.9 Å². The van der Waals surface area contributed by atoms with E-state index in [9.17, 15) is 9.59 Å². The molecule has 0 unspecified atom stereocenters. The lowest BCUT2D eigenvalue weighted by Crippen LogP contribution is -2.46. The molecular formula is C18H25N3O2. The number of para-hydroxylation sites is 1. The minimum atomic E-state index is 0.0590. The highest BCUT2D eigenvalue weighted by atomic mass is 16.2. The number of hydrogen-bond donors (Lipinski definition) is 0. The van der Waals surface area contributed by atoms with Crippen LogP contribution in [0.4, 0.5) is 10.5 Å². The Morgan fingerprint density at radius 2 is 2.04 bits per heavy atom. The third kappa shape index (κ3) is 3.05. The van der Waals surface area contributed by atoms with Crippen molar-refractivity contribution in [1.82, 2.24) is 9.80 Å². The molecule has 5 heteroatoms. The molecule has 1 saturated heterocycles. The summed E-state index contributed by atoms with van der Waals surface area (Å²) in [5.74, 6) is 0.504. The Bertz CT molecular complexity index is 616. The van der Waals surface area contributed by atoms with Crippen LogP contribution in [0, 0.1) is 5.92 Å². The molecule has 5 nitrogen and oxygen atoms in total. The third-order valence-corrected chi connectivity index (χ3v) is 5.00. The maximum atomic E-state index is 12.9. The zero-order chi connectivity index (χ0) is 16.6. The minimum absolute atomic E-state index is 0.0590. The Balaban J connectivity index is 1.65. The molecule has 3 amide bonds. The summed E-state index contributed by atoms with van der Waals surface area (Å²) >= 11 is 0. The molecule has 0 saturated carbocycles. The summed E-state index contributed by atoms with van der Waals surface area (Å²) in [4.78, 5) is 29.9. The van der Waals surface area contributed by atoms with Gasteiger partial charge in [0.15, 0.2) is 0 Å². The van der Waals surface area contributed by atoms with E-state index < -0.39 is 0 Å². The predicted molar refractivity (Wildman–Crippen MR) is 90.5 cm³/mol. The van der Waals surface area contributed by atoms with Crippen molar-refractivity contribution in [3.63, 3.8) is 0 Å². The van der Waals surface area contributed by atoms with Crippen LogP contribution < -0.4 is 4.90 Å². The van der Waals surface area contributed by atoms with Crippen molar-refractivity contribution in [2.45, 2.75) is 32.7 Å². The molecule has 0 N–H and O–H groups in total. The largest absolute Gasteiger partial charge is 0.343 e. The Kier molecular flexibility index (Phi) is 4.28. The first-order valence-electron chi connectivity index (χ1n) is 8.35. The Morgan fingerprint density at radius 3 is 2.74 bits per heavy atom. The van der Waals surface area contributed by atoms with Crippen LogP contribution >= 0.6 is 0 Å². The maximum Gasteiger partial charge on any atom is 0.324 e. The lowest BCUT2D eigenvalue weighted by molar-refractivity contribution is -0.127. The van der Waals surface area contributed by atoms with Crippen LogP contribution in [0.15, 0.2) is 24.3 Å². The van der Waals surface area contributed by atoms with Crippen LogP contribution in [0.2, 0.25) is 0 Å². The first kappa shape index (κ1) is 15.8. The van der Waals surface area contributed by atoms with Gasteiger partial charge in [0, 0.05) is 45.3 Å². The number of amides is 3. The van der Waals surface area contributed by atoms with Gasteiger partial charge >= 0.3 is 6.03 Å². The van der Waals surface area contributed by atoms with E-state index in [1.807, 2.05) is 39.9 Å². The van der Waals surface area contributed by atoms with Gasteiger partial charge in [0.1, 0.15) is 0 Å². The molecule has 0 bridgehead atoms. The van der Waals surface area contributed by atoms with E-state index in [1.165, 1.54) is 5.56 Å². The van der Waals surface area contributed by atoms with Gasteiger partial charge in [-0.1, -0.05) is 18.2 Å². The van der Waals surface area contributed by atoms with E-state index in [4.69, 9.17) is 0 Å². The summed E-state index contributed by atoms with van der Waals surface area (Å²) in [7, 11) is 1.87. The average molecular weight is 315 g/mol.